The van der Waals surface area contributed by atoms with E-state index in [2.05, 4.69) is 16.7 Å². The molecule has 1 aromatic heterocycles. The molecule has 0 amide bonds. The van der Waals surface area contributed by atoms with E-state index >= 15 is 0 Å². The van der Waals surface area contributed by atoms with Crippen molar-refractivity contribution in [2.75, 3.05) is 0 Å². The fourth-order valence-electron chi connectivity index (χ4n) is 0.755. The molecule has 100 valence electrons. The first-order valence-corrected chi connectivity index (χ1v) is 6.42. The van der Waals surface area contributed by atoms with Crippen LogP contribution in [0, 0.1) is 0 Å². The van der Waals surface area contributed by atoms with Crippen molar-refractivity contribution in [1.82, 2.24) is 9.66 Å². The minimum atomic E-state index is 0.770. The number of rotatable bonds is 2. The number of aromatic nitrogens is 2. The molecular weight excluding hydrogens is 210 g/mol. The molecule has 1 aromatic rings. The predicted octanol–water partition coefficient (Wildman–Crippen LogP) is 4.85. The normalized spacial score (nSPS) is 7.06. The molecule has 0 saturated carbocycles. The SMILES string of the molecule is C=Cc1nccn1N=C(C)C.CC.CC.CC. The van der Waals surface area contributed by atoms with E-state index in [4.69, 9.17) is 0 Å². The molecule has 3 heteroatoms. The van der Waals surface area contributed by atoms with Gasteiger partial charge >= 0.3 is 0 Å². The number of hydrogen-bond donors (Lipinski definition) is 0. The van der Waals surface area contributed by atoms with Crippen molar-refractivity contribution in [3.63, 3.8) is 0 Å². The lowest BCUT2D eigenvalue weighted by atomic mass is 10.5. The Balaban J connectivity index is -0.000000285. The maximum absolute atomic E-state index is 4.19. The first-order chi connectivity index (χ1) is 8.24. The topological polar surface area (TPSA) is 30.2 Å². The molecule has 0 unspecified atom stereocenters. The number of nitrogens with zero attached hydrogens (tertiary/aromatic N) is 3. The summed E-state index contributed by atoms with van der Waals surface area (Å²) in [7, 11) is 0. The van der Waals surface area contributed by atoms with Crippen molar-refractivity contribution in [1.29, 1.82) is 0 Å². The fraction of sp³-hybridized carbons (Fsp3) is 0.571. The maximum atomic E-state index is 4.19. The van der Waals surface area contributed by atoms with E-state index in [0.29, 0.717) is 0 Å². The first kappa shape index (κ1) is 21.0. The quantitative estimate of drug-likeness (QED) is 0.679. The average Bonchev–Trinajstić information content (AvgIpc) is 2.83. The highest BCUT2D eigenvalue weighted by molar-refractivity contribution is 5.79. The highest BCUT2D eigenvalue weighted by atomic mass is 15.4. The molecule has 1 rings (SSSR count). The lowest BCUT2D eigenvalue weighted by Crippen LogP contribution is -1.94. The van der Waals surface area contributed by atoms with Gasteiger partial charge in [0.2, 0.25) is 0 Å². The highest BCUT2D eigenvalue weighted by Crippen LogP contribution is 1.98. The van der Waals surface area contributed by atoms with Gasteiger partial charge in [0.15, 0.2) is 5.82 Å². The zero-order chi connectivity index (χ0) is 14.3. The van der Waals surface area contributed by atoms with Gasteiger partial charge in [0, 0.05) is 18.1 Å². The summed E-state index contributed by atoms with van der Waals surface area (Å²) in [4.78, 5) is 4.03. The van der Waals surface area contributed by atoms with Gasteiger partial charge in [-0.15, -0.1) is 0 Å². The molecule has 0 aliphatic heterocycles. The average molecular weight is 239 g/mol. The van der Waals surface area contributed by atoms with Crippen LogP contribution in [0.15, 0.2) is 24.1 Å². The summed E-state index contributed by atoms with van der Waals surface area (Å²) in [5.74, 6) is 0.770. The van der Waals surface area contributed by atoms with Crippen LogP contribution in [-0.4, -0.2) is 15.4 Å². The van der Waals surface area contributed by atoms with Crippen LogP contribution in [0.2, 0.25) is 0 Å². The Morgan fingerprint density at radius 3 is 2.00 bits per heavy atom. The van der Waals surface area contributed by atoms with Crippen LogP contribution in [0.3, 0.4) is 0 Å². The summed E-state index contributed by atoms with van der Waals surface area (Å²) < 4.78 is 1.70. The molecule has 0 atom stereocenters. The molecule has 17 heavy (non-hydrogen) atoms. The minimum Gasteiger partial charge on any atom is -0.236 e. The molecule has 0 N–H and O–H groups in total. The summed E-state index contributed by atoms with van der Waals surface area (Å²) in [6, 6.07) is 0. The molecular formula is C14H29N3. The van der Waals surface area contributed by atoms with Crippen LogP contribution < -0.4 is 0 Å². The second-order valence-electron chi connectivity index (χ2n) is 2.38. The van der Waals surface area contributed by atoms with Gasteiger partial charge in [0.05, 0.1) is 0 Å². The van der Waals surface area contributed by atoms with Gasteiger partial charge in [-0.25, -0.2) is 9.66 Å². The zero-order valence-corrected chi connectivity index (χ0v) is 12.8. The molecule has 0 aliphatic rings. The van der Waals surface area contributed by atoms with E-state index in [9.17, 15) is 0 Å². The summed E-state index contributed by atoms with van der Waals surface area (Å²) >= 11 is 0. The molecule has 0 saturated heterocycles. The molecule has 3 nitrogen and oxygen atoms in total. The van der Waals surface area contributed by atoms with Gasteiger partial charge in [0.25, 0.3) is 0 Å². The van der Waals surface area contributed by atoms with Crippen molar-refractivity contribution >= 4 is 11.8 Å². The van der Waals surface area contributed by atoms with Gasteiger partial charge in [-0.3, -0.25) is 0 Å². The molecule has 0 spiro atoms. The molecule has 0 aromatic carbocycles. The lowest BCUT2D eigenvalue weighted by molar-refractivity contribution is 0.859. The highest BCUT2D eigenvalue weighted by Gasteiger charge is 1.93. The van der Waals surface area contributed by atoms with E-state index in [1.54, 1.807) is 23.1 Å². The van der Waals surface area contributed by atoms with Crippen LogP contribution in [0.5, 0.6) is 0 Å². The van der Waals surface area contributed by atoms with Gasteiger partial charge in [-0.1, -0.05) is 48.1 Å². The fourth-order valence-corrected chi connectivity index (χ4v) is 0.755. The van der Waals surface area contributed by atoms with Crippen LogP contribution in [0.1, 0.15) is 61.2 Å². The third kappa shape index (κ3) is 10.9. The van der Waals surface area contributed by atoms with Crippen molar-refractivity contribution < 1.29 is 0 Å². The Kier molecular flexibility index (Phi) is 21.0. The van der Waals surface area contributed by atoms with Gasteiger partial charge in [-0.05, 0) is 19.9 Å². The van der Waals surface area contributed by atoms with Gasteiger partial charge in [0.1, 0.15) is 0 Å². The van der Waals surface area contributed by atoms with Crippen molar-refractivity contribution in [3.8, 4) is 0 Å². The first-order valence-electron chi connectivity index (χ1n) is 6.42. The van der Waals surface area contributed by atoms with Crippen molar-refractivity contribution in [2.24, 2.45) is 5.10 Å². The van der Waals surface area contributed by atoms with Crippen LogP contribution in [0.4, 0.5) is 0 Å². The third-order valence-corrected chi connectivity index (χ3v) is 1.14. The molecule has 0 fully saturated rings. The van der Waals surface area contributed by atoms with Crippen molar-refractivity contribution in [3.05, 3.63) is 24.8 Å². The van der Waals surface area contributed by atoms with E-state index < -0.39 is 0 Å². The second-order valence-corrected chi connectivity index (χ2v) is 2.38. The standard InChI is InChI=1S/C8H11N3.3C2H6/c1-4-8-9-5-6-11(8)10-7(2)3;3*1-2/h4-6H,1H2,2-3H3;3*1-2H3. The second kappa shape index (κ2) is 17.0. The molecule has 1 heterocycles. The van der Waals surface area contributed by atoms with Crippen molar-refractivity contribution in [2.45, 2.75) is 55.4 Å². The van der Waals surface area contributed by atoms with Crippen LogP contribution >= 0.6 is 0 Å². The summed E-state index contributed by atoms with van der Waals surface area (Å²) in [6.45, 7) is 19.5. The van der Waals surface area contributed by atoms with E-state index in [1.165, 1.54) is 0 Å². The Morgan fingerprint density at radius 2 is 1.65 bits per heavy atom. The molecule has 0 bridgehead atoms. The van der Waals surface area contributed by atoms with Crippen LogP contribution in [-0.2, 0) is 0 Å². The lowest BCUT2D eigenvalue weighted by Gasteiger charge is -1.95. The summed E-state index contributed by atoms with van der Waals surface area (Å²) in [6.07, 6.45) is 5.17. The Hall–Kier alpha value is -1.38. The van der Waals surface area contributed by atoms with Gasteiger partial charge in [-0.2, -0.15) is 5.10 Å². The molecule has 0 aliphatic carbocycles. The number of hydrogen-bond acceptors (Lipinski definition) is 2. The monoisotopic (exact) mass is 239 g/mol. The Morgan fingerprint density at radius 1 is 1.18 bits per heavy atom. The smallest absolute Gasteiger partial charge is 0.152 e. The third-order valence-electron chi connectivity index (χ3n) is 1.14. The summed E-state index contributed by atoms with van der Waals surface area (Å²) in [5, 5.41) is 4.19. The van der Waals surface area contributed by atoms with Gasteiger partial charge < -0.3 is 0 Å². The molecule has 0 radical (unpaired) electrons. The number of imidazole rings is 1. The van der Waals surface area contributed by atoms with E-state index in [1.807, 2.05) is 55.4 Å². The van der Waals surface area contributed by atoms with Crippen LogP contribution in [0.25, 0.3) is 6.08 Å². The predicted molar refractivity (Wildman–Crippen MR) is 80.5 cm³/mol. The van der Waals surface area contributed by atoms with E-state index in [-0.39, 0.29) is 0 Å². The van der Waals surface area contributed by atoms with E-state index in [0.717, 1.165) is 11.5 Å². The maximum Gasteiger partial charge on any atom is 0.152 e. The minimum absolute atomic E-state index is 0.770. The zero-order valence-electron chi connectivity index (χ0n) is 12.8. The summed E-state index contributed by atoms with van der Waals surface area (Å²) in [5.41, 5.74) is 0.992. The Labute approximate surface area is 107 Å². The Bertz CT molecular complexity index is 281. The largest absolute Gasteiger partial charge is 0.236 e.